The molecule has 1 fully saturated rings. The second-order valence-corrected chi connectivity index (χ2v) is 7.82. The lowest BCUT2D eigenvalue weighted by molar-refractivity contribution is -0.143. The van der Waals surface area contributed by atoms with E-state index in [0.29, 0.717) is 24.1 Å². The Balaban J connectivity index is 1.64. The van der Waals surface area contributed by atoms with E-state index in [1.54, 1.807) is 9.58 Å². The van der Waals surface area contributed by atoms with Crippen LogP contribution in [-0.4, -0.2) is 55.4 Å². The number of fused-ring (bicyclic) bond motifs is 1. The summed E-state index contributed by atoms with van der Waals surface area (Å²) in [6, 6.07) is 6.03. The molecule has 152 valence electrons. The minimum atomic E-state index is -0.270. The van der Waals surface area contributed by atoms with Crippen molar-refractivity contribution in [3.63, 3.8) is 0 Å². The van der Waals surface area contributed by atoms with Gasteiger partial charge in [0.25, 0.3) is 5.56 Å². The Morgan fingerprint density at radius 3 is 2.62 bits per heavy atom. The van der Waals surface area contributed by atoms with Crippen LogP contribution in [0.5, 0.6) is 0 Å². The molecule has 0 spiro atoms. The lowest BCUT2D eigenvalue weighted by Gasteiger charge is -2.35. The molecule has 0 N–H and O–H groups in total. The minimum Gasteiger partial charge on any atom is -0.372 e. The van der Waals surface area contributed by atoms with Crippen molar-refractivity contribution in [1.82, 2.24) is 24.2 Å². The van der Waals surface area contributed by atoms with Gasteiger partial charge >= 0.3 is 0 Å². The van der Waals surface area contributed by atoms with Gasteiger partial charge in [0.15, 0.2) is 5.65 Å². The molecule has 0 radical (unpaired) electrons. The van der Waals surface area contributed by atoms with Gasteiger partial charge in [0.05, 0.1) is 24.1 Å². The van der Waals surface area contributed by atoms with Gasteiger partial charge < -0.3 is 9.64 Å². The molecule has 8 nitrogen and oxygen atoms in total. The number of nitrogens with zero attached hydrogens (tertiary/aromatic N) is 5. The molecule has 2 atom stereocenters. The van der Waals surface area contributed by atoms with E-state index in [2.05, 4.69) is 16.1 Å². The van der Waals surface area contributed by atoms with Crippen molar-refractivity contribution in [2.45, 2.75) is 46.4 Å². The van der Waals surface area contributed by atoms with E-state index in [-0.39, 0.29) is 30.2 Å². The van der Waals surface area contributed by atoms with E-state index in [4.69, 9.17) is 4.74 Å². The Morgan fingerprint density at radius 2 is 1.93 bits per heavy atom. The third-order valence-electron chi connectivity index (χ3n) is 5.21. The number of benzene rings is 1. The third kappa shape index (κ3) is 3.67. The first-order valence-electron chi connectivity index (χ1n) is 9.77. The van der Waals surface area contributed by atoms with Crippen LogP contribution in [0.1, 0.15) is 25.0 Å². The van der Waals surface area contributed by atoms with Crippen LogP contribution in [0.3, 0.4) is 0 Å². The van der Waals surface area contributed by atoms with E-state index in [1.807, 2.05) is 39.8 Å². The van der Waals surface area contributed by atoms with Gasteiger partial charge in [-0.2, -0.15) is 5.10 Å². The predicted molar refractivity (Wildman–Crippen MR) is 109 cm³/mol. The Hall–Kier alpha value is -3.00. The summed E-state index contributed by atoms with van der Waals surface area (Å²) in [6.45, 7) is 8.92. The lowest BCUT2D eigenvalue weighted by Crippen LogP contribution is -2.49. The van der Waals surface area contributed by atoms with E-state index in [1.165, 1.54) is 17.1 Å². The normalized spacial score (nSPS) is 19.7. The number of hydrogen-bond donors (Lipinski definition) is 0. The van der Waals surface area contributed by atoms with Gasteiger partial charge in [0.1, 0.15) is 18.3 Å². The van der Waals surface area contributed by atoms with Crippen LogP contribution in [0.2, 0.25) is 0 Å². The van der Waals surface area contributed by atoms with Crippen LogP contribution < -0.4 is 5.56 Å². The van der Waals surface area contributed by atoms with Crippen molar-refractivity contribution in [1.29, 1.82) is 0 Å². The molecule has 8 heteroatoms. The highest BCUT2D eigenvalue weighted by Crippen LogP contribution is 2.19. The number of carbonyl (C=O) groups excluding carboxylic acids is 1. The van der Waals surface area contributed by atoms with Gasteiger partial charge in [-0.15, -0.1) is 0 Å². The molecule has 0 aliphatic carbocycles. The average Bonchev–Trinajstić information content (AvgIpc) is 3.08. The fraction of sp³-hybridized carbons (Fsp3) is 0.429. The molecule has 2 aromatic heterocycles. The third-order valence-corrected chi connectivity index (χ3v) is 5.21. The summed E-state index contributed by atoms with van der Waals surface area (Å²) < 4.78 is 8.69. The van der Waals surface area contributed by atoms with Gasteiger partial charge in [-0.25, -0.2) is 9.67 Å². The lowest BCUT2D eigenvalue weighted by atomic mass is 10.1. The molecule has 1 saturated heterocycles. The second-order valence-electron chi connectivity index (χ2n) is 7.82. The summed E-state index contributed by atoms with van der Waals surface area (Å²) in [5.41, 5.74) is 3.30. The van der Waals surface area contributed by atoms with Gasteiger partial charge in [-0.05, 0) is 39.3 Å². The SMILES string of the molecule is Cc1ccc(-n2ncc3c(=O)n(CC(=O)N4CC(C)OC(C)C4)cnc32)c(C)c1. The highest BCUT2D eigenvalue weighted by molar-refractivity contribution is 5.78. The standard InChI is InChI=1S/C21H25N5O3/c1-13-5-6-18(14(2)7-13)26-20-17(8-23-26)21(28)25(12-22-20)11-19(27)24-9-15(3)29-16(4)10-24/h5-8,12,15-16H,9-11H2,1-4H3. The summed E-state index contributed by atoms with van der Waals surface area (Å²) in [4.78, 5) is 31.8. The summed E-state index contributed by atoms with van der Waals surface area (Å²) in [5, 5.41) is 4.77. The molecule has 4 rings (SSSR count). The number of morpholine rings is 1. The molecular formula is C21H25N5O3. The molecule has 0 saturated carbocycles. The molecule has 3 aromatic rings. The van der Waals surface area contributed by atoms with Gasteiger partial charge in [0.2, 0.25) is 5.91 Å². The zero-order valence-electron chi connectivity index (χ0n) is 17.1. The maximum atomic E-state index is 12.9. The van der Waals surface area contributed by atoms with E-state index in [0.717, 1.165) is 16.8 Å². The number of ether oxygens (including phenoxy) is 1. The molecule has 2 unspecified atom stereocenters. The number of rotatable bonds is 3. The Labute approximate surface area is 168 Å². The fourth-order valence-electron chi connectivity index (χ4n) is 3.91. The highest BCUT2D eigenvalue weighted by atomic mass is 16.5. The second kappa shape index (κ2) is 7.44. The van der Waals surface area contributed by atoms with Crippen LogP contribution in [0.25, 0.3) is 16.7 Å². The summed E-state index contributed by atoms with van der Waals surface area (Å²) >= 11 is 0. The fourth-order valence-corrected chi connectivity index (χ4v) is 3.91. The van der Waals surface area contributed by atoms with Crippen molar-refractivity contribution in [3.05, 3.63) is 52.2 Å². The molecule has 1 amide bonds. The number of amides is 1. The number of carbonyl (C=O) groups is 1. The summed E-state index contributed by atoms with van der Waals surface area (Å²) in [5.74, 6) is -0.114. The zero-order chi connectivity index (χ0) is 20.7. The van der Waals surface area contributed by atoms with Crippen molar-refractivity contribution in [3.8, 4) is 5.69 Å². The predicted octanol–water partition coefficient (Wildman–Crippen LogP) is 1.83. The van der Waals surface area contributed by atoms with Crippen molar-refractivity contribution < 1.29 is 9.53 Å². The first-order valence-corrected chi connectivity index (χ1v) is 9.77. The molecule has 1 aromatic carbocycles. The van der Waals surface area contributed by atoms with Crippen LogP contribution in [0, 0.1) is 13.8 Å². The topological polar surface area (TPSA) is 82.2 Å². The Bertz CT molecular complexity index is 1120. The summed E-state index contributed by atoms with van der Waals surface area (Å²) in [6.07, 6.45) is 2.91. The smallest absolute Gasteiger partial charge is 0.264 e. The molecular weight excluding hydrogens is 370 g/mol. The number of aryl methyl sites for hydroxylation is 2. The Kier molecular flexibility index (Phi) is 4.96. The summed E-state index contributed by atoms with van der Waals surface area (Å²) in [7, 11) is 0. The molecule has 1 aliphatic heterocycles. The van der Waals surface area contributed by atoms with Crippen molar-refractivity contribution in [2.75, 3.05) is 13.1 Å². The van der Waals surface area contributed by atoms with Crippen LogP contribution in [-0.2, 0) is 16.1 Å². The maximum Gasteiger partial charge on any atom is 0.264 e. The number of hydrogen-bond acceptors (Lipinski definition) is 5. The monoisotopic (exact) mass is 395 g/mol. The van der Waals surface area contributed by atoms with E-state index in [9.17, 15) is 9.59 Å². The average molecular weight is 395 g/mol. The van der Waals surface area contributed by atoms with Crippen molar-refractivity contribution in [2.24, 2.45) is 0 Å². The quantitative estimate of drug-likeness (QED) is 0.676. The van der Waals surface area contributed by atoms with Crippen LogP contribution in [0.15, 0.2) is 35.5 Å². The van der Waals surface area contributed by atoms with E-state index < -0.39 is 0 Å². The maximum absolute atomic E-state index is 12.9. The van der Waals surface area contributed by atoms with Crippen LogP contribution in [0.4, 0.5) is 0 Å². The van der Waals surface area contributed by atoms with E-state index >= 15 is 0 Å². The molecule has 29 heavy (non-hydrogen) atoms. The minimum absolute atomic E-state index is 0.0176. The molecule has 1 aliphatic rings. The number of aromatic nitrogens is 4. The van der Waals surface area contributed by atoms with Crippen molar-refractivity contribution >= 4 is 16.9 Å². The Morgan fingerprint density at radius 1 is 1.21 bits per heavy atom. The van der Waals surface area contributed by atoms with Crippen LogP contribution >= 0.6 is 0 Å². The zero-order valence-corrected chi connectivity index (χ0v) is 17.1. The highest BCUT2D eigenvalue weighted by Gasteiger charge is 2.26. The van der Waals surface area contributed by atoms with Gasteiger partial charge in [-0.1, -0.05) is 17.7 Å². The molecule has 0 bridgehead atoms. The van der Waals surface area contributed by atoms with Gasteiger partial charge in [0, 0.05) is 13.1 Å². The van der Waals surface area contributed by atoms with Gasteiger partial charge in [-0.3, -0.25) is 14.2 Å². The molecule has 3 heterocycles. The first-order chi connectivity index (χ1) is 13.8. The largest absolute Gasteiger partial charge is 0.372 e. The first kappa shape index (κ1) is 19.3.